The highest BCUT2D eigenvalue weighted by Crippen LogP contribution is 2.30. The molecule has 1 heterocycles. The Morgan fingerprint density at radius 3 is 2.38 bits per heavy atom. The number of aliphatic hydroxyl groups is 1. The van der Waals surface area contributed by atoms with Crippen molar-refractivity contribution in [2.45, 2.75) is 43.5 Å². The number of ether oxygens (including phenoxy) is 2. The van der Waals surface area contributed by atoms with Gasteiger partial charge in [0.05, 0.1) is 11.5 Å². The van der Waals surface area contributed by atoms with Gasteiger partial charge < -0.3 is 19.5 Å². The van der Waals surface area contributed by atoms with Crippen molar-refractivity contribution in [2.24, 2.45) is 0 Å². The van der Waals surface area contributed by atoms with Crippen LogP contribution in [0.1, 0.15) is 20.8 Å². The molecule has 2 aromatic carbocycles. The summed E-state index contributed by atoms with van der Waals surface area (Å²) in [5, 5.41) is 10.3. The number of nitrogens with zero attached hydrogens (tertiary/aromatic N) is 1. The molecule has 0 bridgehead atoms. The van der Waals surface area contributed by atoms with E-state index in [-0.39, 0.29) is 18.0 Å². The quantitative estimate of drug-likeness (QED) is 0.680. The van der Waals surface area contributed by atoms with Crippen LogP contribution in [0.4, 0.5) is 5.69 Å². The van der Waals surface area contributed by atoms with Gasteiger partial charge in [0, 0.05) is 24.1 Å². The molecule has 8 nitrogen and oxygen atoms in total. The van der Waals surface area contributed by atoms with E-state index in [2.05, 4.69) is 0 Å². The van der Waals surface area contributed by atoms with Crippen LogP contribution >= 0.6 is 0 Å². The topological polar surface area (TPSA) is 110 Å². The Hall–Kier alpha value is -2.75. The number of hydrogen-bond donors (Lipinski definition) is 1. The third-order valence-electron chi connectivity index (χ3n) is 4.83. The summed E-state index contributed by atoms with van der Waals surface area (Å²) < 4.78 is 34.7. The van der Waals surface area contributed by atoms with E-state index in [1.54, 1.807) is 69.3 Å². The van der Waals surface area contributed by atoms with Crippen LogP contribution in [-0.2, 0) is 28.9 Å². The molecule has 1 fully saturated rings. The lowest BCUT2D eigenvalue weighted by molar-refractivity contribution is -0.177. The zero-order valence-corrected chi connectivity index (χ0v) is 19.3. The first-order chi connectivity index (χ1) is 14.9. The summed E-state index contributed by atoms with van der Waals surface area (Å²) in [4.78, 5) is 26.8. The van der Waals surface area contributed by atoms with Crippen LogP contribution in [0.2, 0.25) is 0 Å². The number of amides is 1. The van der Waals surface area contributed by atoms with Crippen LogP contribution in [0.25, 0.3) is 11.1 Å². The fraction of sp³-hybridized carbons (Fsp3) is 0.391. The largest absolute Gasteiger partial charge is 0.458 e. The van der Waals surface area contributed by atoms with Crippen LogP contribution in [0, 0.1) is 0 Å². The number of sulfone groups is 1. The van der Waals surface area contributed by atoms with Crippen molar-refractivity contribution in [1.29, 1.82) is 0 Å². The van der Waals surface area contributed by atoms with E-state index in [0.29, 0.717) is 16.8 Å². The summed E-state index contributed by atoms with van der Waals surface area (Å²) in [7, 11) is -3.41. The lowest BCUT2D eigenvalue weighted by Crippen LogP contribution is -2.55. The molecule has 1 amide bonds. The Balaban J connectivity index is 1.82. The van der Waals surface area contributed by atoms with Crippen molar-refractivity contribution in [3.8, 4) is 11.1 Å². The molecule has 1 N–H and O–H groups in total. The van der Waals surface area contributed by atoms with Crippen LogP contribution in [0.15, 0.2) is 53.4 Å². The molecule has 0 radical (unpaired) electrons. The Bertz CT molecular complexity index is 1100. The molecular weight excluding hydrogens is 434 g/mol. The lowest BCUT2D eigenvalue weighted by atomic mass is 10.0. The highest BCUT2D eigenvalue weighted by atomic mass is 32.2. The van der Waals surface area contributed by atoms with E-state index in [4.69, 9.17) is 9.47 Å². The van der Waals surface area contributed by atoms with E-state index in [9.17, 15) is 23.1 Å². The Kier molecular flexibility index (Phi) is 6.73. The highest BCUT2D eigenvalue weighted by Gasteiger charge is 2.41. The number of carbonyl (C=O) groups excluding carboxylic acids is 2. The summed E-state index contributed by atoms with van der Waals surface area (Å²) >= 11 is 0. The molecule has 0 saturated carbocycles. The summed E-state index contributed by atoms with van der Waals surface area (Å²) in [6.07, 6.45) is -1.96. The fourth-order valence-electron chi connectivity index (χ4n) is 3.42. The molecule has 32 heavy (non-hydrogen) atoms. The minimum Gasteiger partial charge on any atom is -0.458 e. The number of benzene rings is 2. The highest BCUT2D eigenvalue weighted by molar-refractivity contribution is 7.90. The fourth-order valence-corrected chi connectivity index (χ4v) is 4.33. The minimum atomic E-state index is -3.41. The second-order valence-electron chi connectivity index (χ2n) is 8.57. The molecule has 0 aromatic heterocycles. The monoisotopic (exact) mass is 461 g/mol. The first kappa shape index (κ1) is 23.9. The van der Waals surface area contributed by atoms with Crippen molar-refractivity contribution < 1.29 is 32.6 Å². The molecule has 0 aliphatic carbocycles. The summed E-state index contributed by atoms with van der Waals surface area (Å²) in [5.74, 6) is -1.48. The van der Waals surface area contributed by atoms with Gasteiger partial charge >= 0.3 is 5.97 Å². The van der Waals surface area contributed by atoms with Crippen molar-refractivity contribution in [3.05, 3.63) is 48.5 Å². The maximum atomic E-state index is 12.9. The van der Waals surface area contributed by atoms with Crippen LogP contribution in [0.3, 0.4) is 0 Å². The average molecular weight is 462 g/mol. The third-order valence-corrected chi connectivity index (χ3v) is 5.99. The number of carbonyl (C=O) groups is 2. The standard InChI is InChI=1S/C23H27NO7S/c1-23(2,3)31-22(27)19(25)20-21(26)24(13-14-30-20)16-11-9-15(10-12-16)17-7-5-6-8-18(17)32(4,28)29/h5-12,19-20,25H,13-14H2,1-4H3/t19-,20-/m1/s1. The first-order valence-electron chi connectivity index (χ1n) is 10.1. The van der Waals surface area contributed by atoms with Gasteiger partial charge in [0.25, 0.3) is 5.91 Å². The normalized spacial score (nSPS) is 18.3. The summed E-state index contributed by atoms with van der Waals surface area (Å²) in [6, 6.07) is 13.5. The molecule has 172 valence electrons. The molecule has 0 unspecified atom stereocenters. The van der Waals surface area contributed by atoms with Gasteiger partial charge in [-0.15, -0.1) is 0 Å². The van der Waals surface area contributed by atoms with Gasteiger partial charge in [-0.25, -0.2) is 13.2 Å². The average Bonchev–Trinajstić information content (AvgIpc) is 2.72. The van der Waals surface area contributed by atoms with Crippen LogP contribution < -0.4 is 4.90 Å². The molecular formula is C23H27NO7S. The molecule has 2 atom stereocenters. The van der Waals surface area contributed by atoms with Gasteiger partial charge in [-0.05, 0) is 44.5 Å². The van der Waals surface area contributed by atoms with E-state index in [1.165, 1.54) is 4.90 Å². The smallest absolute Gasteiger partial charge is 0.338 e. The van der Waals surface area contributed by atoms with Crippen LogP contribution in [-0.4, -0.2) is 62.6 Å². The predicted octanol–water partition coefficient (Wildman–Crippen LogP) is 2.19. The van der Waals surface area contributed by atoms with Crippen molar-refractivity contribution in [3.63, 3.8) is 0 Å². The molecule has 1 aliphatic heterocycles. The second-order valence-corrected chi connectivity index (χ2v) is 10.6. The van der Waals surface area contributed by atoms with Gasteiger partial charge in [0.15, 0.2) is 22.0 Å². The molecule has 9 heteroatoms. The number of rotatable bonds is 5. The molecule has 0 spiro atoms. The number of aliphatic hydroxyl groups excluding tert-OH is 1. The van der Waals surface area contributed by atoms with Crippen molar-refractivity contribution in [1.82, 2.24) is 0 Å². The molecule has 1 saturated heterocycles. The van der Waals surface area contributed by atoms with E-state index >= 15 is 0 Å². The molecule has 3 rings (SSSR count). The zero-order valence-electron chi connectivity index (χ0n) is 18.4. The number of esters is 1. The Morgan fingerprint density at radius 2 is 1.78 bits per heavy atom. The summed E-state index contributed by atoms with van der Waals surface area (Å²) in [5.41, 5.74) is 0.974. The van der Waals surface area contributed by atoms with E-state index in [1.807, 2.05) is 0 Å². The van der Waals surface area contributed by atoms with Gasteiger partial charge in [0.2, 0.25) is 0 Å². The van der Waals surface area contributed by atoms with E-state index in [0.717, 1.165) is 6.26 Å². The van der Waals surface area contributed by atoms with Crippen molar-refractivity contribution >= 4 is 27.4 Å². The third kappa shape index (κ3) is 5.35. The maximum Gasteiger partial charge on any atom is 0.338 e. The van der Waals surface area contributed by atoms with E-state index < -0.39 is 39.5 Å². The SMILES string of the molecule is CC(C)(C)OC(=O)[C@H](O)[C@H]1OCCN(c2ccc(-c3ccccc3S(C)(=O)=O)cc2)C1=O. The van der Waals surface area contributed by atoms with Crippen molar-refractivity contribution in [2.75, 3.05) is 24.3 Å². The molecule has 1 aliphatic rings. The number of morpholine rings is 1. The number of anilines is 1. The zero-order chi connectivity index (χ0) is 23.7. The van der Waals surface area contributed by atoms with Gasteiger partial charge in [0.1, 0.15) is 5.60 Å². The Morgan fingerprint density at radius 1 is 1.16 bits per heavy atom. The Labute approximate surface area is 187 Å². The van der Waals surface area contributed by atoms with Gasteiger partial charge in [-0.2, -0.15) is 0 Å². The predicted molar refractivity (Wildman–Crippen MR) is 119 cm³/mol. The molecule has 2 aromatic rings. The minimum absolute atomic E-state index is 0.134. The maximum absolute atomic E-state index is 12.9. The van der Waals surface area contributed by atoms with Gasteiger partial charge in [-0.3, -0.25) is 4.79 Å². The van der Waals surface area contributed by atoms with Crippen LogP contribution in [0.5, 0.6) is 0 Å². The van der Waals surface area contributed by atoms with Gasteiger partial charge in [-0.1, -0.05) is 30.3 Å². The lowest BCUT2D eigenvalue weighted by Gasteiger charge is -2.34. The second kappa shape index (κ2) is 9.01. The number of hydrogen-bond acceptors (Lipinski definition) is 7. The summed E-state index contributed by atoms with van der Waals surface area (Å²) in [6.45, 7) is 5.37. The first-order valence-corrected chi connectivity index (χ1v) is 12.0.